The molecule has 0 spiro atoms. The molecule has 1 aromatic rings. The van der Waals surface area contributed by atoms with Crippen molar-refractivity contribution in [2.75, 3.05) is 18.0 Å². The molecule has 100 valence electrons. The van der Waals surface area contributed by atoms with Crippen LogP contribution in [0.3, 0.4) is 0 Å². The van der Waals surface area contributed by atoms with Crippen molar-refractivity contribution < 1.29 is 14.5 Å². The van der Waals surface area contributed by atoms with E-state index in [1.165, 1.54) is 29.1 Å². The zero-order valence-corrected chi connectivity index (χ0v) is 11.0. The van der Waals surface area contributed by atoms with Gasteiger partial charge in [-0.15, -0.1) is 0 Å². The van der Waals surface area contributed by atoms with E-state index in [2.05, 4.69) is 0 Å². The molecule has 0 saturated carbocycles. The van der Waals surface area contributed by atoms with E-state index in [1.807, 2.05) is 30.3 Å². The van der Waals surface area contributed by atoms with Gasteiger partial charge in [-0.25, -0.2) is 4.90 Å². The number of amides is 2. The van der Waals surface area contributed by atoms with Crippen LogP contribution in [0.4, 0.5) is 5.69 Å². The van der Waals surface area contributed by atoms with Crippen molar-refractivity contribution >= 4 is 17.5 Å². The van der Waals surface area contributed by atoms with E-state index in [9.17, 15) is 9.59 Å². The number of nitrogens with one attached hydrogen (secondary N) is 1. The summed E-state index contributed by atoms with van der Waals surface area (Å²) in [6.07, 6.45) is 3.95. The topological polar surface area (TPSA) is 41.8 Å². The number of carbonyl (C=O) groups is 2. The molecule has 2 amide bonds. The number of hydrogen-bond donors (Lipinski definition) is 1. The van der Waals surface area contributed by atoms with Crippen molar-refractivity contribution in [1.82, 2.24) is 0 Å². The van der Waals surface area contributed by atoms with Gasteiger partial charge in [0.05, 0.1) is 25.2 Å². The fraction of sp³-hybridized carbons (Fsp3) is 0.467. The van der Waals surface area contributed by atoms with Gasteiger partial charge < -0.3 is 4.90 Å². The maximum atomic E-state index is 12.5. The van der Waals surface area contributed by atoms with Crippen LogP contribution in [0.5, 0.6) is 0 Å². The van der Waals surface area contributed by atoms with Crippen LogP contribution in [0.25, 0.3) is 0 Å². The molecule has 2 aliphatic rings. The Morgan fingerprint density at radius 1 is 1.00 bits per heavy atom. The van der Waals surface area contributed by atoms with Gasteiger partial charge in [0.25, 0.3) is 5.91 Å². The number of likely N-dealkylation sites (tertiary alicyclic amines) is 1. The summed E-state index contributed by atoms with van der Waals surface area (Å²) >= 11 is 0. The minimum Gasteiger partial charge on any atom is -0.324 e. The highest BCUT2D eigenvalue weighted by atomic mass is 16.2. The van der Waals surface area contributed by atoms with Crippen molar-refractivity contribution in [2.45, 2.75) is 31.7 Å². The summed E-state index contributed by atoms with van der Waals surface area (Å²) in [5.74, 6) is -0.0765. The van der Waals surface area contributed by atoms with E-state index in [0.717, 1.165) is 13.1 Å². The highest BCUT2D eigenvalue weighted by Crippen LogP contribution is 2.21. The van der Waals surface area contributed by atoms with Crippen LogP contribution in [-0.2, 0) is 9.59 Å². The second-order valence-corrected chi connectivity index (χ2v) is 5.38. The summed E-state index contributed by atoms with van der Waals surface area (Å²) in [5.41, 5.74) is 0.705. The van der Waals surface area contributed by atoms with E-state index in [0.29, 0.717) is 12.1 Å². The molecule has 0 bridgehead atoms. The van der Waals surface area contributed by atoms with Gasteiger partial charge in [0.15, 0.2) is 6.04 Å². The number of para-hydroxylation sites is 1. The fourth-order valence-electron chi connectivity index (χ4n) is 3.15. The molecule has 0 radical (unpaired) electrons. The fourth-order valence-corrected chi connectivity index (χ4v) is 3.15. The molecular formula is C15H19N2O2+. The van der Waals surface area contributed by atoms with Crippen molar-refractivity contribution in [2.24, 2.45) is 0 Å². The Morgan fingerprint density at radius 2 is 1.68 bits per heavy atom. The molecule has 1 atom stereocenters. The van der Waals surface area contributed by atoms with Crippen molar-refractivity contribution in [1.29, 1.82) is 0 Å². The summed E-state index contributed by atoms with van der Waals surface area (Å²) in [6.45, 7) is 2.04. The lowest BCUT2D eigenvalue weighted by Gasteiger charge is -2.27. The van der Waals surface area contributed by atoms with E-state index < -0.39 is 0 Å². The van der Waals surface area contributed by atoms with Crippen LogP contribution >= 0.6 is 0 Å². The zero-order valence-electron chi connectivity index (χ0n) is 11.0. The minimum atomic E-state index is -0.159. The van der Waals surface area contributed by atoms with Crippen molar-refractivity contribution in [3.63, 3.8) is 0 Å². The highest BCUT2D eigenvalue weighted by Gasteiger charge is 2.45. The predicted octanol–water partition coefficient (Wildman–Crippen LogP) is 0.387. The van der Waals surface area contributed by atoms with Gasteiger partial charge in [-0.1, -0.05) is 18.2 Å². The van der Waals surface area contributed by atoms with Gasteiger partial charge in [0.2, 0.25) is 5.91 Å². The number of quaternary nitrogens is 1. The maximum absolute atomic E-state index is 12.5. The van der Waals surface area contributed by atoms with Crippen molar-refractivity contribution in [3.05, 3.63) is 30.3 Å². The summed E-state index contributed by atoms with van der Waals surface area (Å²) < 4.78 is 0. The van der Waals surface area contributed by atoms with E-state index in [4.69, 9.17) is 0 Å². The molecule has 2 fully saturated rings. The Labute approximate surface area is 113 Å². The number of imide groups is 1. The Hall–Kier alpha value is -1.68. The van der Waals surface area contributed by atoms with E-state index >= 15 is 0 Å². The first-order valence-electron chi connectivity index (χ1n) is 7.04. The van der Waals surface area contributed by atoms with Gasteiger partial charge in [-0.2, -0.15) is 0 Å². The van der Waals surface area contributed by atoms with E-state index in [1.54, 1.807) is 0 Å². The SMILES string of the molecule is O=C1C[C@@H]([NH+]2CCCCC2)C(=O)N1c1ccccc1. The molecule has 0 unspecified atom stereocenters. The molecule has 19 heavy (non-hydrogen) atoms. The predicted molar refractivity (Wildman–Crippen MR) is 71.9 cm³/mol. The summed E-state index contributed by atoms with van der Waals surface area (Å²) in [5, 5.41) is 0. The maximum Gasteiger partial charge on any atom is 0.292 e. The molecule has 4 heteroatoms. The first-order chi connectivity index (χ1) is 9.27. The standard InChI is InChI=1S/C15H18N2O2/c18-14-11-13(16-9-5-2-6-10-16)15(19)17(14)12-7-3-1-4-8-12/h1,3-4,7-8,13H,2,5-6,9-11H2/p+1/t13-/m1/s1. The van der Waals surface area contributed by atoms with Gasteiger partial charge in [0.1, 0.15) is 0 Å². The van der Waals surface area contributed by atoms with Gasteiger partial charge in [0, 0.05) is 0 Å². The molecule has 0 aromatic heterocycles. The molecule has 2 heterocycles. The van der Waals surface area contributed by atoms with Gasteiger partial charge in [-0.05, 0) is 31.4 Å². The van der Waals surface area contributed by atoms with Crippen LogP contribution in [0.2, 0.25) is 0 Å². The number of rotatable bonds is 2. The third-order valence-electron chi connectivity index (χ3n) is 4.15. The average molecular weight is 259 g/mol. The Balaban J connectivity index is 1.81. The van der Waals surface area contributed by atoms with Crippen molar-refractivity contribution in [3.8, 4) is 0 Å². The lowest BCUT2D eigenvalue weighted by molar-refractivity contribution is -0.919. The molecule has 3 rings (SSSR count). The molecule has 0 aliphatic carbocycles. The van der Waals surface area contributed by atoms with E-state index in [-0.39, 0.29) is 17.9 Å². The minimum absolute atomic E-state index is 0.0203. The van der Waals surface area contributed by atoms with Crippen LogP contribution in [-0.4, -0.2) is 30.9 Å². The zero-order chi connectivity index (χ0) is 13.2. The monoisotopic (exact) mass is 259 g/mol. The third kappa shape index (κ3) is 2.28. The van der Waals surface area contributed by atoms with Gasteiger partial charge >= 0.3 is 0 Å². The lowest BCUT2D eigenvalue weighted by Crippen LogP contribution is -3.17. The average Bonchev–Trinajstić information content (AvgIpc) is 2.76. The number of nitrogens with zero attached hydrogens (tertiary/aromatic N) is 1. The second kappa shape index (κ2) is 5.13. The summed E-state index contributed by atoms with van der Waals surface area (Å²) in [4.78, 5) is 27.3. The number of hydrogen-bond acceptors (Lipinski definition) is 2. The Bertz CT molecular complexity index is 480. The second-order valence-electron chi connectivity index (χ2n) is 5.38. The smallest absolute Gasteiger partial charge is 0.292 e. The van der Waals surface area contributed by atoms with Crippen LogP contribution in [0.15, 0.2) is 30.3 Å². The lowest BCUT2D eigenvalue weighted by atomic mass is 10.1. The molecule has 4 nitrogen and oxygen atoms in total. The Kier molecular flexibility index (Phi) is 3.34. The molecular weight excluding hydrogens is 240 g/mol. The quantitative estimate of drug-likeness (QED) is 0.781. The Morgan fingerprint density at radius 3 is 2.37 bits per heavy atom. The largest absolute Gasteiger partial charge is 0.324 e. The number of benzene rings is 1. The number of carbonyl (C=O) groups excluding carboxylic acids is 2. The van der Waals surface area contributed by atoms with Crippen LogP contribution in [0.1, 0.15) is 25.7 Å². The molecule has 2 aliphatic heterocycles. The first kappa shape index (κ1) is 12.4. The molecule has 1 aromatic carbocycles. The number of piperidine rings is 1. The third-order valence-corrected chi connectivity index (χ3v) is 4.15. The number of anilines is 1. The molecule has 1 N–H and O–H groups in total. The summed E-state index contributed by atoms with van der Waals surface area (Å²) in [7, 11) is 0. The van der Waals surface area contributed by atoms with Gasteiger partial charge in [-0.3, -0.25) is 9.59 Å². The normalized spacial score (nSPS) is 25.1. The highest BCUT2D eigenvalue weighted by molar-refractivity contribution is 6.21. The van der Waals surface area contributed by atoms with Crippen LogP contribution < -0.4 is 9.80 Å². The molecule has 2 saturated heterocycles. The summed E-state index contributed by atoms with van der Waals surface area (Å²) in [6, 6.07) is 9.09. The first-order valence-corrected chi connectivity index (χ1v) is 7.04. The van der Waals surface area contributed by atoms with Crippen LogP contribution in [0, 0.1) is 0 Å².